The van der Waals surface area contributed by atoms with E-state index in [9.17, 15) is 14.4 Å². The van der Waals surface area contributed by atoms with E-state index in [1.807, 2.05) is 0 Å². The van der Waals surface area contributed by atoms with E-state index in [0.717, 1.165) is 4.68 Å². The molecule has 2 N–H and O–H groups in total. The monoisotopic (exact) mass is 386 g/mol. The lowest BCUT2D eigenvalue weighted by Crippen LogP contribution is -2.44. The Morgan fingerprint density at radius 1 is 1.07 bits per heavy atom. The van der Waals surface area contributed by atoms with E-state index in [0.29, 0.717) is 21.5 Å². The van der Waals surface area contributed by atoms with E-state index in [1.54, 1.807) is 48.5 Å². The molecule has 0 radical (unpaired) electrons. The zero-order chi connectivity index (χ0) is 19.4. The Bertz CT molecular complexity index is 1060. The minimum absolute atomic E-state index is 0.0200. The van der Waals surface area contributed by atoms with Crippen molar-refractivity contribution < 1.29 is 14.3 Å². The van der Waals surface area contributed by atoms with Gasteiger partial charge < -0.3 is 4.74 Å². The molecule has 2 aromatic carbocycles. The number of hydrogen-bond donors (Lipinski definition) is 2. The summed E-state index contributed by atoms with van der Waals surface area (Å²) in [7, 11) is 1.45. The summed E-state index contributed by atoms with van der Waals surface area (Å²) in [6.45, 7) is -0.302. The highest BCUT2D eigenvalue weighted by molar-refractivity contribution is 6.30. The molecule has 0 atom stereocenters. The van der Waals surface area contributed by atoms with Crippen LogP contribution in [-0.2, 0) is 11.8 Å². The van der Waals surface area contributed by atoms with Crippen LogP contribution in [0, 0.1) is 0 Å². The highest BCUT2D eigenvalue weighted by atomic mass is 35.5. The number of nitrogens with one attached hydrogen (secondary N) is 2. The van der Waals surface area contributed by atoms with Crippen molar-refractivity contribution in [3.8, 4) is 5.75 Å². The quantitative estimate of drug-likeness (QED) is 0.660. The Morgan fingerprint density at radius 2 is 1.74 bits per heavy atom. The van der Waals surface area contributed by atoms with Gasteiger partial charge in [0.05, 0.1) is 5.39 Å². The maximum atomic E-state index is 12.4. The molecule has 0 bridgehead atoms. The van der Waals surface area contributed by atoms with Gasteiger partial charge >= 0.3 is 0 Å². The number of halogens is 1. The van der Waals surface area contributed by atoms with Crippen LogP contribution in [-0.4, -0.2) is 28.2 Å². The van der Waals surface area contributed by atoms with Crippen molar-refractivity contribution in [2.24, 2.45) is 7.05 Å². The number of hydrazine groups is 1. The summed E-state index contributed by atoms with van der Waals surface area (Å²) < 4.78 is 6.35. The second kappa shape index (κ2) is 7.88. The number of fused-ring (bicyclic) bond motifs is 1. The van der Waals surface area contributed by atoms with Gasteiger partial charge in [0.2, 0.25) is 0 Å². The summed E-state index contributed by atoms with van der Waals surface area (Å²) in [6.07, 6.45) is 0. The Hall–Kier alpha value is -3.39. The van der Waals surface area contributed by atoms with Gasteiger partial charge in [0, 0.05) is 17.5 Å². The number of carbonyl (C=O) groups is 2. The predicted octanol–water partition coefficient (Wildman–Crippen LogP) is 1.43. The second-order valence-electron chi connectivity index (χ2n) is 5.57. The number of aromatic nitrogens is 2. The van der Waals surface area contributed by atoms with Crippen LogP contribution in [0.5, 0.6) is 5.75 Å². The third kappa shape index (κ3) is 4.24. The average Bonchev–Trinajstić information content (AvgIpc) is 2.68. The highest BCUT2D eigenvalue weighted by Crippen LogP contribution is 2.15. The summed E-state index contributed by atoms with van der Waals surface area (Å²) in [5, 5.41) is 5.28. The fraction of sp³-hybridized carbons (Fsp3) is 0.111. The molecular weight excluding hydrogens is 372 g/mol. The fourth-order valence-electron chi connectivity index (χ4n) is 2.37. The smallest absolute Gasteiger partial charge is 0.290 e. The molecule has 0 unspecified atom stereocenters. The molecular formula is C18H15ClN4O4. The fourth-order valence-corrected chi connectivity index (χ4v) is 2.49. The van der Waals surface area contributed by atoms with E-state index < -0.39 is 11.8 Å². The van der Waals surface area contributed by atoms with Gasteiger partial charge in [-0.3, -0.25) is 25.2 Å². The van der Waals surface area contributed by atoms with Gasteiger partial charge in [-0.25, -0.2) is 4.68 Å². The van der Waals surface area contributed by atoms with Crippen LogP contribution < -0.4 is 21.1 Å². The zero-order valence-corrected chi connectivity index (χ0v) is 15.0. The molecule has 3 aromatic rings. The van der Waals surface area contributed by atoms with Crippen LogP contribution in [0.2, 0.25) is 5.02 Å². The van der Waals surface area contributed by atoms with E-state index in [-0.39, 0.29) is 17.9 Å². The molecule has 0 aliphatic carbocycles. The number of ether oxygens (including phenoxy) is 1. The molecule has 2 amide bonds. The molecule has 1 heterocycles. The average molecular weight is 387 g/mol. The first-order valence-corrected chi connectivity index (χ1v) is 8.27. The Morgan fingerprint density at radius 3 is 2.44 bits per heavy atom. The summed E-state index contributed by atoms with van der Waals surface area (Å²) in [6, 6.07) is 13.1. The highest BCUT2D eigenvalue weighted by Gasteiger charge is 2.16. The van der Waals surface area contributed by atoms with Crippen LogP contribution in [0.1, 0.15) is 10.5 Å². The third-order valence-corrected chi connectivity index (χ3v) is 3.92. The summed E-state index contributed by atoms with van der Waals surface area (Å²) in [5.74, 6) is -0.749. The lowest BCUT2D eigenvalue weighted by molar-refractivity contribution is -0.123. The number of benzene rings is 2. The van der Waals surface area contributed by atoms with Crippen LogP contribution in [0.15, 0.2) is 53.3 Å². The Kier molecular flexibility index (Phi) is 5.37. The maximum Gasteiger partial charge on any atom is 0.290 e. The van der Waals surface area contributed by atoms with Gasteiger partial charge in [-0.2, -0.15) is 5.10 Å². The SMILES string of the molecule is Cn1nc(C(=O)NNC(=O)COc2ccc(Cl)cc2)c2ccccc2c1=O. The molecule has 0 saturated carbocycles. The Balaban J connectivity index is 1.65. The van der Waals surface area contributed by atoms with Crippen molar-refractivity contribution in [3.63, 3.8) is 0 Å². The minimum atomic E-state index is -0.651. The minimum Gasteiger partial charge on any atom is -0.484 e. The van der Waals surface area contributed by atoms with Gasteiger partial charge in [-0.15, -0.1) is 0 Å². The van der Waals surface area contributed by atoms with E-state index >= 15 is 0 Å². The largest absolute Gasteiger partial charge is 0.484 e. The standard InChI is InChI=1S/C18H15ClN4O4/c1-23-18(26)14-5-3-2-4-13(14)16(22-23)17(25)21-20-15(24)10-27-12-8-6-11(19)7-9-12/h2-9H,10H2,1H3,(H,20,24)(H,21,25). The molecule has 0 aliphatic heterocycles. The lowest BCUT2D eigenvalue weighted by Gasteiger charge is -2.10. The number of hydrogen-bond acceptors (Lipinski definition) is 5. The van der Waals surface area contributed by atoms with Crippen molar-refractivity contribution >= 4 is 34.2 Å². The zero-order valence-electron chi connectivity index (χ0n) is 14.2. The predicted molar refractivity (Wildman–Crippen MR) is 99.5 cm³/mol. The third-order valence-electron chi connectivity index (χ3n) is 3.67. The number of rotatable bonds is 4. The number of carbonyl (C=O) groups excluding carboxylic acids is 2. The first kappa shape index (κ1) is 18.4. The van der Waals surface area contributed by atoms with E-state index in [4.69, 9.17) is 16.3 Å². The molecule has 0 fully saturated rings. The molecule has 8 nitrogen and oxygen atoms in total. The lowest BCUT2D eigenvalue weighted by atomic mass is 10.1. The van der Waals surface area contributed by atoms with Crippen LogP contribution in [0.25, 0.3) is 10.8 Å². The maximum absolute atomic E-state index is 12.4. The van der Waals surface area contributed by atoms with Crippen LogP contribution in [0.4, 0.5) is 0 Å². The number of nitrogens with zero attached hydrogens (tertiary/aromatic N) is 2. The Labute approximate surface area is 158 Å². The molecule has 27 heavy (non-hydrogen) atoms. The summed E-state index contributed by atoms with van der Waals surface area (Å²) >= 11 is 5.77. The van der Waals surface area contributed by atoms with E-state index in [2.05, 4.69) is 16.0 Å². The van der Waals surface area contributed by atoms with Crippen molar-refractivity contribution in [3.05, 3.63) is 69.6 Å². The van der Waals surface area contributed by atoms with Crippen molar-refractivity contribution in [2.75, 3.05) is 6.61 Å². The number of amides is 2. The first-order valence-electron chi connectivity index (χ1n) is 7.89. The van der Waals surface area contributed by atoms with Gasteiger partial charge in [-0.05, 0) is 30.3 Å². The molecule has 138 valence electrons. The number of aryl methyl sites for hydroxylation is 1. The van der Waals surface area contributed by atoms with Crippen molar-refractivity contribution in [1.82, 2.24) is 20.6 Å². The molecule has 1 aromatic heterocycles. The molecule has 3 rings (SSSR count). The molecule has 0 spiro atoms. The molecule has 9 heteroatoms. The molecule has 0 aliphatic rings. The van der Waals surface area contributed by atoms with Crippen molar-refractivity contribution in [1.29, 1.82) is 0 Å². The van der Waals surface area contributed by atoms with Gasteiger partial charge in [-0.1, -0.05) is 29.8 Å². The van der Waals surface area contributed by atoms with Gasteiger partial charge in [0.15, 0.2) is 12.3 Å². The van der Waals surface area contributed by atoms with Crippen molar-refractivity contribution in [2.45, 2.75) is 0 Å². The topological polar surface area (TPSA) is 102 Å². The summed E-state index contributed by atoms with van der Waals surface area (Å²) in [5.41, 5.74) is 4.21. The summed E-state index contributed by atoms with van der Waals surface area (Å²) in [4.78, 5) is 36.3. The van der Waals surface area contributed by atoms with Gasteiger partial charge in [0.1, 0.15) is 5.75 Å². The van der Waals surface area contributed by atoms with Crippen LogP contribution in [0.3, 0.4) is 0 Å². The van der Waals surface area contributed by atoms with E-state index in [1.165, 1.54) is 7.05 Å². The normalized spacial score (nSPS) is 10.4. The van der Waals surface area contributed by atoms with Gasteiger partial charge in [0.25, 0.3) is 17.4 Å². The first-order chi connectivity index (χ1) is 13.0. The second-order valence-corrected chi connectivity index (χ2v) is 6.00. The molecule has 0 saturated heterocycles. The van der Waals surface area contributed by atoms with Crippen LogP contribution >= 0.6 is 11.6 Å².